The van der Waals surface area contributed by atoms with Gasteiger partial charge in [-0.1, -0.05) is 38.1 Å². The van der Waals surface area contributed by atoms with Gasteiger partial charge in [0.15, 0.2) is 0 Å². The predicted molar refractivity (Wildman–Crippen MR) is 117 cm³/mol. The van der Waals surface area contributed by atoms with Crippen molar-refractivity contribution in [3.05, 3.63) is 66.6 Å². The number of imidazole rings is 2. The van der Waals surface area contributed by atoms with Gasteiger partial charge in [-0.05, 0) is 24.6 Å². The van der Waals surface area contributed by atoms with Gasteiger partial charge in [0.05, 0.1) is 42.1 Å². The molecule has 0 aliphatic rings. The van der Waals surface area contributed by atoms with E-state index < -0.39 is 0 Å². The van der Waals surface area contributed by atoms with Gasteiger partial charge in [0.2, 0.25) is 0 Å². The topological polar surface area (TPSA) is 122 Å². The highest BCUT2D eigenvalue weighted by atomic mass is 15.0. The third-order valence-corrected chi connectivity index (χ3v) is 4.41. The van der Waals surface area contributed by atoms with Crippen LogP contribution in [0.15, 0.2) is 55.0 Å². The first-order chi connectivity index (χ1) is 14.1. The third-order valence-electron chi connectivity index (χ3n) is 4.41. The fourth-order valence-corrected chi connectivity index (χ4v) is 2.87. The molecule has 0 aliphatic carbocycles. The highest BCUT2D eigenvalue weighted by Crippen LogP contribution is 2.25. The van der Waals surface area contributed by atoms with E-state index in [-0.39, 0.29) is 6.04 Å². The quantitative estimate of drug-likeness (QED) is 0.410. The van der Waals surface area contributed by atoms with Gasteiger partial charge >= 0.3 is 0 Å². The summed E-state index contributed by atoms with van der Waals surface area (Å²) in [5, 5.41) is 0. The van der Waals surface area contributed by atoms with Crippen molar-refractivity contribution in [2.45, 2.75) is 33.4 Å². The molecule has 0 fully saturated rings. The highest BCUT2D eigenvalue weighted by Gasteiger charge is 2.08. The van der Waals surface area contributed by atoms with Crippen LogP contribution in [0.4, 0.5) is 0 Å². The van der Waals surface area contributed by atoms with Crippen molar-refractivity contribution in [1.29, 1.82) is 0 Å². The molecule has 1 atom stereocenters. The van der Waals surface area contributed by atoms with Crippen molar-refractivity contribution >= 4 is 0 Å². The van der Waals surface area contributed by atoms with Crippen LogP contribution in [0.1, 0.15) is 38.5 Å². The third kappa shape index (κ3) is 4.59. The molecule has 0 bridgehead atoms. The molecule has 0 amide bonds. The lowest BCUT2D eigenvalue weighted by atomic mass is 10.1. The van der Waals surface area contributed by atoms with Gasteiger partial charge in [-0.25, -0.2) is 9.97 Å². The van der Waals surface area contributed by atoms with Gasteiger partial charge in [-0.2, -0.15) is 0 Å². The van der Waals surface area contributed by atoms with E-state index in [9.17, 15) is 0 Å². The average Bonchev–Trinajstić information content (AvgIpc) is 3.45. The fraction of sp³-hybridized carbons (Fsp3) is 0.227. The zero-order chi connectivity index (χ0) is 20.8. The average molecular weight is 390 g/mol. The number of rotatable bonds is 5. The number of aromatic nitrogens is 5. The second-order valence-corrected chi connectivity index (χ2v) is 6.43. The Balaban J connectivity index is 0.00000117. The number of nitrogens with zero attached hydrogens (tertiary/aromatic N) is 3. The summed E-state index contributed by atoms with van der Waals surface area (Å²) in [6.45, 7) is 6.30. The Labute approximate surface area is 170 Å². The van der Waals surface area contributed by atoms with Crippen molar-refractivity contribution in [1.82, 2.24) is 24.9 Å². The number of pyridine rings is 1. The number of nitrogens with two attached hydrogens (primary N) is 2. The lowest BCUT2D eigenvalue weighted by Gasteiger charge is -2.04. The molecule has 0 radical (unpaired) electrons. The van der Waals surface area contributed by atoms with Crippen molar-refractivity contribution in [3.63, 3.8) is 0 Å². The number of hydrogen-bond acceptors (Lipinski definition) is 5. The molecule has 150 valence electrons. The zero-order valence-corrected chi connectivity index (χ0v) is 17.0. The Morgan fingerprint density at radius 1 is 0.793 bits per heavy atom. The summed E-state index contributed by atoms with van der Waals surface area (Å²) in [5.41, 5.74) is 17.3. The van der Waals surface area contributed by atoms with Gasteiger partial charge in [0, 0.05) is 17.3 Å². The lowest BCUT2D eigenvalue weighted by Crippen LogP contribution is -2.06. The maximum atomic E-state index is 5.85. The standard InChI is InChI=1S/C20H21N7.C2H6/c1-12(22)20-25-11-18(27-20)15-6-7-16(23-9-15)13-2-4-14(5-3-13)17-10-24-19(8-21)26-17;1-2/h2-7,9-12H,8,21-22H2,1H3,(H,24,26)(H,25,27);1-2H3/t12-;/m0./s1. The molecule has 3 heterocycles. The van der Waals surface area contributed by atoms with Gasteiger partial charge in [-0.3, -0.25) is 4.98 Å². The van der Waals surface area contributed by atoms with Gasteiger partial charge in [0.1, 0.15) is 11.6 Å². The Hall–Kier alpha value is -3.29. The maximum absolute atomic E-state index is 5.85. The van der Waals surface area contributed by atoms with E-state index >= 15 is 0 Å². The predicted octanol–water partition coefficient (Wildman–Crippen LogP) is 4.03. The van der Waals surface area contributed by atoms with E-state index in [0.29, 0.717) is 6.54 Å². The van der Waals surface area contributed by atoms with E-state index in [4.69, 9.17) is 11.5 Å². The second kappa shape index (κ2) is 9.27. The summed E-state index contributed by atoms with van der Waals surface area (Å²) in [7, 11) is 0. The Morgan fingerprint density at radius 2 is 1.41 bits per heavy atom. The SMILES string of the molecule is CC.C[C@H](N)c1ncc(-c2ccc(-c3ccc(-c4cnc(CN)[nH]4)cc3)nc2)[nH]1. The first kappa shape index (κ1) is 20.4. The minimum absolute atomic E-state index is 0.125. The number of hydrogen-bond donors (Lipinski definition) is 4. The molecular weight excluding hydrogens is 362 g/mol. The smallest absolute Gasteiger partial charge is 0.123 e. The van der Waals surface area contributed by atoms with Crippen LogP contribution < -0.4 is 11.5 Å². The van der Waals surface area contributed by atoms with Crippen molar-refractivity contribution < 1.29 is 0 Å². The molecule has 29 heavy (non-hydrogen) atoms. The number of aromatic amines is 2. The van der Waals surface area contributed by atoms with Gasteiger partial charge < -0.3 is 21.4 Å². The van der Waals surface area contributed by atoms with Crippen LogP contribution in [0.25, 0.3) is 33.8 Å². The second-order valence-electron chi connectivity index (χ2n) is 6.43. The Morgan fingerprint density at radius 3 is 1.97 bits per heavy atom. The van der Waals surface area contributed by atoms with Crippen LogP contribution in [0, 0.1) is 0 Å². The summed E-state index contributed by atoms with van der Waals surface area (Å²) < 4.78 is 0. The first-order valence-corrected chi connectivity index (χ1v) is 9.75. The van der Waals surface area contributed by atoms with Crippen LogP contribution in [0.2, 0.25) is 0 Å². The van der Waals surface area contributed by atoms with E-state index in [2.05, 4.69) is 24.9 Å². The monoisotopic (exact) mass is 389 g/mol. The number of benzene rings is 1. The minimum atomic E-state index is -0.125. The summed E-state index contributed by atoms with van der Waals surface area (Å²) >= 11 is 0. The highest BCUT2D eigenvalue weighted by molar-refractivity contribution is 5.68. The van der Waals surface area contributed by atoms with Crippen molar-refractivity contribution in [2.75, 3.05) is 0 Å². The molecule has 4 rings (SSSR count). The number of nitrogens with one attached hydrogen (secondary N) is 2. The van der Waals surface area contributed by atoms with Crippen LogP contribution in [0.5, 0.6) is 0 Å². The molecule has 7 heteroatoms. The summed E-state index contributed by atoms with van der Waals surface area (Å²) in [4.78, 5) is 19.5. The van der Waals surface area contributed by atoms with Gasteiger partial charge in [0.25, 0.3) is 0 Å². The Kier molecular flexibility index (Phi) is 6.54. The normalized spacial score (nSPS) is 11.6. The summed E-state index contributed by atoms with van der Waals surface area (Å²) in [6, 6.07) is 12.1. The first-order valence-electron chi connectivity index (χ1n) is 9.75. The number of H-pyrrole nitrogens is 2. The molecule has 7 nitrogen and oxygen atoms in total. The van der Waals surface area contributed by atoms with Crippen LogP contribution in [-0.4, -0.2) is 24.9 Å². The van der Waals surface area contributed by atoms with Crippen molar-refractivity contribution in [2.24, 2.45) is 11.5 Å². The fourth-order valence-electron chi connectivity index (χ4n) is 2.87. The molecule has 0 saturated carbocycles. The van der Waals surface area contributed by atoms with Crippen molar-refractivity contribution in [3.8, 4) is 33.8 Å². The molecule has 0 spiro atoms. The molecule has 1 aromatic carbocycles. The Bertz CT molecular complexity index is 1030. The van der Waals surface area contributed by atoms with Gasteiger partial charge in [-0.15, -0.1) is 0 Å². The van der Waals surface area contributed by atoms with Crippen LogP contribution in [0.3, 0.4) is 0 Å². The largest absolute Gasteiger partial charge is 0.341 e. The molecule has 0 unspecified atom stereocenters. The van der Waals surface area contributed by atoms with E-state index in [0.717, 1.165) is 45.4 Å². The maximum Gasteiger partial charge on any atom is 0.123 e. The van der Waals surface area contributed by atoms with E-state index in [1.54, 1.807) is 12.4 Å². The van der Waals surface area contributed by atoms with Crippen LogP contribution in [-0.2, 0) is 6.54 Å². The summed E-state index contributed by atoms with van der Waals surface area (Å²) in [6.07, 6.45) is 5.42. The molecule has 6 N–H and O–H groups in total. The lowest BCUT2D eigenvalue weighted by molar-refractivity contribution is 0.756. The van der Waals surface area contributed by atoms with E-state index in [1.165, 1.54) is 0 Å². The van der Waals surface area contributed by atoms with Crippen LogP contribution >= 0.6 is 0 Å². The van der Waals surface area contributed by atoms with E-state index in [1.807, 2.05) is 63.4 Å². The molecule has 0 saturated heterocycles. The molecular formula is C22H27N7. The minimum Gasteiger partial charge on any atom is -0.341 e. The molecule has 3 aromatic heterocycles. The summed E-state index contributed by atoms with van der Waals surface area (Å²) in [5.74, 6) is 1.54. The molecule has 4 aromatic rings. The zero-order valence-electron chi connectivity index (χ0n) is 17.0. The molecule has 0 aliphatic heterocycles.